The van der Waals surface area contributed by atoms with E-state index < -0.39 is 10.2 Å². The molecule has 1 aromatic rings. The quantitative estimate of drug-likeness (QED) is 0.560. The third-order valence-electron chi connectivity index (χ3n) is 1.97. The zero-order chi connectivity index (χ0) is 13.5. The first-order valence-corrected chi connectivity index (χ1v) is 4.78. The molecular formula is C9H10N2O7. The van der Waals surface area contributed by atoms with Crippen molar-refractivity contribution in [2.45, 2.75) is 19.8 Å². The molecule has 0 aliphatic heterocycles. The molecule has 0 atom stereocenters. The maximum atomic E-state index is 10.0. The molecule has 0 bridgehead atoms. The van der Waals surface area contributed by atoms with Gasteiger partial charge >= 0.3 is 0 Å². The highest BCUT2D eigenvalue weighted by Gasteiger charge is 2.05. The van der Waals surface area contributed by atoms with E-state index in [4.69, 9.17) is 5.11 Å². The Morgan fingerprint density at radius 1 is 0.944 bits per heavy atom. The highest BCUT2D eigenvalue weighted by atomic mass is 17.0. The lowest BCUT2D eigenvalue weighted by atomic mass is 10.1. The van der Waals surface area contributed by atoms with E-state index in [-0.39, 0.29) is 19.8 Å². The van der Waals surface area contributed by atoms with Crippen molar-refractivity contribution >= 4 is 0 Å². The van der Waals surface area contributed by atoms with Crippen LogP contribution >= 0.6 is 0 Å². The number of hydrogen-bond donors (Lipinski definition) is 1. The molecule has 0 spiro atoms. The van der Waals surface area contributed by atoms with Crippen molar-refractivity contribution in [3.8, 4) is 0 Å². The minimum absolute atomic E-state index is 0.294. The molecule has 18 heavy (non-hydrogen) atoms. The van der Waals surface area contributed by atoms with Gasteiger partial charge in [-0.3, -0.25) is 0 Å². The summed E-state index contributed by atoms with van der Waals surface area (Å²) in [6.45, 7) is -0.892. The smallest absolute Gasteiger partial charge is 0.294 e. The van der Waals surface area contributed by atoms with Crippen molar-refractivity contribution in [1.29, 1.82) is 0 Å². The average molecular weight is 258 g/mol. The monoisotopic (exact) mass is 258 g/mol. The standard InChI is InChI=1S/C9H10N2O7/c12-4-7-1-8(5-17-10(13)14)3-9(2-7)6-18-11(15)16/h1-3,12H,4-6H2. The first-order valence-electron chi connectivity index (χ1n) is 4.78. The van der Waals surface area contributed by atoms with Crippen molar-refractivity contribution in [2.75, 3.05) is 0 Å². The van der Waals surface area contributed by atoms with Gasteiger partial charge in [0.05, 0.1) is 6.61 Å². The fraction of sp³-hybridized carbons (Fsp3) is 0.333. The molecule has 1 aromatic carbocycles. The summed E-state index contributed by atoms with van der Waals surface area (Å²) < 4.78 is 0. The van der Waals surface area contributed by atoms with Crippen molar-refractivity contribution in [3.63, 3.8) is 0 Å². The SMILES string of the molecule is O=[N+]([O-])OCc1cc(CO)cc(CO[N+](=O)[O-])c1. The van der Waals surface area contributed by atoms with Gasteiger partial charge in [-0.15, -0.1) is 20.2 Å². The van der Waals surface area contributed by atoms with Gasteiger partial charge < -0.3 is 14.8 Å². The number of aliphatic hydroxyl groups is 1. The van der Waals surface area contributed by atoms with Crippen LogP contribution in [-0.4, -0.2) is 15.3 Å². The van der Waals surface area contributed by atoms with E-state index in [0.717, 1.165) is 0 Å². The van der Waals surface area contributed by atoms with Crippen LogP contribution in [0, 0.1) is 20.2 Å². The molecule has 0 saturated carbocycles. The van der Waals surface area contributed by atoms with Crippen molar-refractivity contribution < 1.29 is 25.0 Å². The molecule has 9 heteroatoms. The van der Waals surface area contributed by atoms with Gasteiger partial charge in [-0.25, -0.2) is 0 Å². The van der Waals surface area contributed by atoms with Crippen LogP contribution in [0.5, 0.6) is 0 Å². The van der Waals surface area contributed by atoms with Gasteiger partial charge in [0.15, 0.2) is 0 Å². The fourth-order valence-electron chi connectivity index (χ4n) is 1.35. The Bertz CT molecular complexity index is 412. The van der Waals surface area contributed by atoms with E-state index in [1.54, 1.807) is 0 Å². The number of nitrogens with zero attached hydrogens (tertiary/aromatic N) is 2. The molecule has 0 fully saturated rings. The van der Waals surface area contributed by atoms with Crippen LogP contribution in [0.3, 0.4) is 0 Å². The second-order valence-electron chi connectivity index (χ2n) is 3.31. The minimum atomic E-state index is -0.946. The number of benzene rings is 1. The van der Waals surface area contributed by atoms with Gasteiger partial charge in [-0.2, -0.15) is 0 Å². The summed E-state index contributed by atoms with van der Waals surface area (Å²) >= 11 is 0. The molecule has 0 aromatic heterocycles. The molecule has 1 N–H and O–H groups in total. The van der Waals surface area contributed by atoms with Gasteiger partial charge in [0.2, 0.25) is 0 Å². The summed E-state index contributed by atoms with van der Waals surface area (Å²) in [6.07, 6.45) is 0. The lowest BCUT2D eigenvalue weighted by Crippen LogP contribution is -2.04. The highest BCUT2D eigenvalue weighted by molar-refractivity contribution is 5.29. The number of aliphatic hydroxyl groups excluding tert-OH is 1. The molecule has 0 amide bonds. The van der Waals surface area contributed by atoms with Crippen LogP contribution in [0.15, 0.2) is 18.2 Å². The summed E-state index contributed by atoms with van der Waals surface area (Å²) in [6, 6.07) is 4.46. The van der Waals surface area contributed by atoms with Crippen molar-refractivity contribution in [1.82, 2.24) is 0 Å². The Kier molecular flexibility index (Phi) is 4.81. The summed E-state index contributed by atoms with van der Waals surface area (Å²) in [5.41, 5.74) is 1.29. The summed E-state index contributed by atoms with van der Waals surface area (Å²) in [7, 11) is 0. The van der Waals surface area contributed by atoms with Gasteiger partial charge in [-0.1, -0.05) is 18.2 Å². The van der Waals surface area contributed by atoms with Gasteiger partial charge in [0.1, 0.15) is 13.2 Å². The van der Waals surface area contributed by atoms with Crippen LogP contribution in [0.25, 0.3) is 0 Å². The Labute approximate surface area is 101 Å². The summed E-state index contributed by atoms with van der Waals surface area (Å²) in [5.74, 6) is 0. The van der Waals surface area contributed by atoms with E-state index >= 15 is 0 Å². The molecule has 0 aliphatic carbocycles. The third kappa shape index (κ3) is 4.61. The molecule has 1 rings (SSSR count). The van der Waals surface area contributed by atoms with Crippen LogP contribution in [0.4, 0.5) is 0 Å². The second-order valence-corrected chi connectivity index (χ2v) is 3.31. The largest absolute Gasteiger partial charge is 0.392 e. The first kappa shape index (κ1) is 13.6. The Balaban J connectivity index is 2.80. The number of rotatable bonds is 7. The van der Waals surface area contributed by atoms with Gasteiger partial charge in [0.25, 0.3) is 10.2 Å². The summed E-state index contributed by atoms with van der Waals surface area (Å²) in [4.78, 5) is 28.4. The molecule has 0 saturated heterocycles. The highest BCUT2D eigenvalue weighted by Crippen LogP contribution is 2.13. The van der Waals surface area contributed by atoms with E-state index in [9.17, 15) is 20.2 Å². The molecule has 0 aliphatic rings. The van der Waals surface area contributed by atoms with E-state index in [2.05, 4.69) is 9.68 Å². The van der Waals surface area contributed by atoms with Crippen LogP contribution < -0.4 is 0 Å². The zero-order valence-electron chi connectivity index (χ0n) is 9.14. The lowest BCUT2D eigenvalue weighted by molar-refractivity contribution is -0.763. The third-order valence-corrected chi connectivity index (χ3v) is 1.97. The number of hydrogen-bond acceptors (Lipinski definition) is 7. The molecule has 9 nitrogen and oxygen atoms in total. The normalized spacial score (nSPS) is 9.83. The summed E-state index contributed by atoms with van der Waals surface area (Å²) in [5, 5.41) is 27.2. The maximum absolute atomic E-state index is 10.0. The van der Waals surface area contributed by atoms with Gasteiger partial charge in [0, 0.05) is 0 Å². The molecule has 98 valence electrons. The van der Waals surface area contributed by atoms with Crippen LogP contribution in [0.1, 0.15) is 16.7 Å². The maximum Gasteiger partial charge on any atom is 0.294 e. The van der Waals surface area contributed by atoms with Crippen molar-refractivity contribution in [2.24, 2.45) is 0 Å². The molecule has 0 unspecified atom stereocenters. The van der Waals surface area contributed by atoms with E-state index in [1.165, 1.54) is 18.2 Å². The first-order chi connectivity index (χ1) is 8.51. The molecular weight excluding hydrogens is 248 g/mol. The van der Waals surface area contributed by atoms with Crippen LogP contribution in [-0.2, 0) is 29.5 Å². The lowest BCUT2D eigenvalue weighted by Gasteiger charge is -2.07. The predicted molar refractivity (Wildman–Crippen MR) is 55.9 cm³/mol. The Morgan fingerprint density at radius 3 is 1.67 bits per heavy atom. The molecule has 0 heterocycles. The average Bonchev–Trinajstić information content (AvgIpc) is 2.33. The van der Waals surface area contributed by atoms with E-state index in [1.807, 2.05) is 0 Å². The Hall–Kier alpha value is -2.42. The van der Waals surface area contributed by atoms with Crippen LogP contribution in [0.2, 0.25) is 0 Å². The fourth-order valence-corrected chi connectivity index (χ4v) is 1.35. The minimum Gasteiger partial charge on any atom is -0.392 e. The molecule has 0 radical (unpaired) electrons. The predicted octanol–water partition coefficient (Wildman–Crippen LogP) is 0.595. The van der Waals surface area contributed by atoms with Gasteiger partial charge in [-0.05, 0) is 16.7 Å². The topological polar surface area (TPSA) is 125 Å². The second kappa shape index (κ2) is 6.35. The zero-order valence-corrected chi connectivity index (χ0v) is 9.14. The van der Waals surface area contributed by atoms with E-state index in [0.29, 0.717) is 16.7 Å². The van der Waals surface area contributed by atoms with Crippen molar-refractivity contribution in [3.05, 3.63) is 55.1 Å². The Morgan fingerprint density at radius 2 is 1.33 bits per heavy atom.